The molecule has 0 fully saturated rings. The van der Waals surface area contributed by atoms with E-state index < -0.39 is 0 Å². The van der Waals surface area contributed by atoms with Crippen molar-refractivity contribution in [2.45, 2.75) is 33.1 Å². The summed E-state index contributed by atoms with van der Waals surface area (Å²) in [5.74, 6) is 2.61. The molecule has 0 aliphatic heterocycles. The lowest BCUT2D eigenvalue weighted by Crippen LogP contribution is -2.11. The fourth-order valence-corrected chi connectivity index (χ4v) is 2.18. The number of aryl methyl sites for hydroxylation is 1. The standard InChI is InChI=1S/C16H22N4/c1-11(14-7-5-4-6-8-14)9-10-18-16-12(2)15(17)19-13(3)20-16/h4-8,11H,9-10H2,1-3H3,(H3,17,18,19,20). The van der Waals surface area contributed by atoms with Gasteiger partial charge in [-0.25, -0.2) is 9.97 Å². The Kier molecular flexibility index (Phi) is 4.56. The van der Waals surface area contributed by atoms with Crippen molar-refractivity contribution in [3.8, 4) is 0 Å². The van der Waals surface area contributed by atoms with Gasteiger partial charge < -0.3 is 11.1 Å². The van der Waals surface area contributed by atoms with Gasteiger partial charge in [0.1, 0.15) is 17.5 Å². The molecule has 106 valence electrons. The van der Waals surface area contributed by atoms with E-state index in [2.05, 4.69) is 46.5 Å². The first kappa shape index (κ1) is 14.3. The van der Waals surface area contributed by atoms with Crippen LogP contribution >= 0.6 is 0 Å². The Morgan fingerprint density at radius 1 is 1.15 bits per heavy atom. The third-order valence-electron chi connectivity index (χ3n) is 3.53. The van der Waals surface area contributed by atoms with Gasteiger partial charge >= 0.3 is 0 Å². The van der Waals surface area contributed by atoms with Gasteiger partial charge in [0.25, 0.3) is 0 Å². The number of benzene rings is 1. The zero-order valence-corrected chi connectivity index (χ0v) is 12.4. The minimum absolute atomic E-state index is 0.518. The number of aromatic nitrogens is 2. The van der Waals surface area contributed by atoms with Crippen molar-refractivity contribution in [2.24, 2.45) is 0 Å². The summed E-state index contributed by atoms with van der Waals surface area (Å²) >= 11 is 0. The average Bonchev–Trinajstić information content (AvgIpc) is 2.44. The van der Waals surface area contributed by atoms with Crippen LogP contribution in [0, 0.1) is 13.8 Å². The lowest BCUT2D eigenvalue weighted by atomic mass is 9.98. The van der Waals surface area contributed by atoms with Crippen molar-refractivity contribution in [3.63, 3.8) is 0 Å². The number of anilines is 2. The molecule has 0 radical (unpaired) electrons. The van der Waals surface area contributed by atoms with E-state index in [9.17, 15) is 0 Å². The maximum absolute atomic E-state index is 5.85. The smallest absolute Gasteiger partial charge is 0.134 e. The van der Waals surface area contributed by atoms with Gasteiger partial charge in [-0.3, -0.25) is 0 Å². The minimum Gasteiger partial charge on any atom is -0.383 e. The van der Waals surface area contributed by atoms with E-state index in [1.807, 2.05) is 19.9 Å². The van der Waals surface area contributed by atoms with Crippen LogP contribution in [0.5, 0.6) is 0 Å². The molecule has 0 aliphatic rings. The second-order valence-corrected chi connectivity index (χ2v) is 5.16. The fourth-order valence-electron chi connectivity index (χ4n) is 2.18. The summed E-state index contributed by atoms with van der Waals surface area (Å²) in [6.45, 7) is 6.90. The summed E-state index contributed by atoms with van der Waals surface area (Å²) in [5, 5.41) is 3.36. The third-order valence-corrected chi connectivity index (χ3v) is 3.53. The van der Waals surface area contributed by atoms with Gasteiger partial charge in [-0.1, -0.05) is 37.3 Å². The zero-order chi connectivity index (χ0) is 14.5. The summed E-state index contributed by atoms with van der Waals surface area (Å²) in [6.07, 6.45) is 1.05. The number of hydrogen-bond donors (Lipinski definition) is 2. The molecule has 0 saturated heterocycles. The molecule has 20 heavy (non-hydrogen) atoms. The molecular formula is C16H22N4. The average molecular weight is 270 g/mol. The Labute approximate surface area is 120 Å². The van der Waals surface area contributed by atoms with E-state index in [4.69, 9.17) is 5.73 Å². The predicted molar refractivity (Wildman–Crippen MR) is 83.9 cm³/mol. The van der Waals surface area contributed by atoms with Crippen molar-refractivity contribution >= 4 is 11.6 Å². The van der Waals surface area contributed by atoms with Gasteiger partial charge in [-0.15, -0.1) is 0 Å². The summed E-state index contributed by atoms with van der Waals surface area (Å²) in [4.78, 5) is 8.55. The molecule has 0 bridgehead atoms. The maximum atomic E-state index is 5.85. The van der Waals surface area contributed by atoms with E-state index in [1.165, 1.54) is 5.56 Å². The van der Waals surface area contributed by atoms with Gasteiger partial charge in [0.15, 0.2) is 0 Å². The summed E-state index contributed by atoms with van der Waals surface area (Å²) in [6, 6.07) is 10.5. The Morgan fingerprint density at radius 2 is 1.85 bits per heavy atom. The summed E-state index contributed by atoms with van der Waals surface area (Å²) in [7, 11) is 0. The molecule has 3 N–H and O–H groups in total. The van der Waals surface area contributed by atoms with Crippen LogP contribution in [0.15, 0.2) is 30.3 Å². The Bertz CT molecular complexity index is 566. The first-order valence-electron chi connectivity index (χ1n) is 6.97. The van der Waals surface area contributed by atoms with Gasteiger partial charge in [-0.2, -0.15) is 0 Å². The van der Waals surface area contributed by atoms with Crippen LogP contribution in [0.3, 0.4) is 0 Å². The highest BCUT2D eigenvalue weighted by molar-refractivity contribution is 5.54. The van der Waals surface area contributed by atoms with E-state index in [1.54, 1.807) is 0 Å². The van der Waals surface area contributed by atoms with E-state index in [0.29, 0.717) is 17.6 Å². The minimum atomic E-state index is 0.518. The first-order valence-corrected chi connectivity index (χ1v) is 6.97. The van der Waals surface area contributed by atoms with Crippen LogP contribution in [-0.4, -0.2) is 16.5 Å². The maximum Gasteiger partial charge on any atom is 0.134 e. The molecule has 0 saturated carbocycles. The second kappa shape index (κ2) is 6.37. The molecule has 0 aliphatic carbocycles. The van der Waals surface area contributed by atoms with Crippen molar-refractivity contribution < 1.29 is 0 Å². The van der Waals surface area contributed by atoms with Crippen LogP contribution < -0.4 is 11.1 Å². The van der Waals surface area contributed by atoms with Crippen molar-refractivity contribution in [3.05, 3.63) is 47.3 Å². The molecule has 0 spiro atoms. The van der Waals surface area contributed by atoms with Crippen LogP contribution in [0.2, 0.25) is 0 Å². The molecule has 1 aromatic carbocycles. The lowest BCUT2D eigenvalue weighted by Gasteiger charge is -2.14. The highest BCUT2D eigenvalue weighted by Crippen LogP contribution is 2.20. The van der Waals surface area contributed by atoms with Gasteiger partial charge in [0.05, 0.1) is 0 Å². The predicted octanol–water partition coefficient (Wildman–Crippen LogP) is 3.28. The largest absolute Gasteiger partial charge is 0.383 e. The Morgan fingerprint density at radius 3 is 2.55 bits per heavy atom. The highest BCUT2D eigenvalue weighted by atomic mass is 15.0. The van der Waals surface area contributed by atoms with Crippen LogP contribution in [0.25, 0.3) is 0 Å². The monoisotopic (exact) mass is 270 g/mol. The molecule has 4 nitrogen and oxygen atoms in total. The van der Waals surface area contributed by atoms with Crippen LogP contribution in [-0.2, 0) is 0 Å². The highest BCUT2D eigenvalue weighted by Gasteiger charge is 2.08. The number of nitrogens with zero attached hydrogens (tertiary/aromatic N) is 2. The van der Waals surface area contributed by atoms with Crippen molar-refractivity contribution in [1.82, 2.24) is 9.97 Å². The molecule has 1 unspecified atom stereocenters. The number of nitrogens with one attached hydrogen (secondary N) is 1. The Hall–Kier alpha value is -2.10. The van der Waals surface area contributed by atoms with Gasteiger partial charge in [-0.05, 0) is 31.7 Å². The topological polar surface area (TPSA) is 63.8 Å². The molecule has 1 aromatic heterocycles. The number of nitrogens with two attached hydrogens (primary N) is 1. The molecular weight excluding hydrogens is 248 g/mol. The van der Waals surface area contributed by atoms with Gasteiger partial charge in [0, 0.05) is 12.1 Å². The molecule has 2 aromatic rings. The van der Waals surface area contributed by atoms with E-state index in [0.717, 1.165) is 24.3 Å². The van der Waals surface area contributed by atoms with Crippen molar-refractivity contribution in [2.75, 3.05) is 17.6 Å². The quantitative estimate of drug-likeness (QED) is 0.875. The molecule has 0 amide bonds. The lowest BCUT2D eigenvalue weighted by molar-refractivity contribution is 0.704. The van der Waals surface area contributed by atoms with E-state index >= 15 is 0 Å². The second-order valence-electron chi connectivity index (χ2n) is 5.16. The summed E-state index contributed by atoms with van der Waals surface area (Å²) in [5.41, 5.74) is 8.14. The number of nitrogen functional groups attached to an aromatic ring is 1. The van der Waals surface area contributed by atoms with Crippen LogP contribution in [0.1, 0.15) is 36.2 Å². The van der Waals surface area contributed by atoms with Gasteiger partial charge in [0.2, 0.25) is 0 Å². The molecule has 4 heteroatoms. The molecule has 1 heterocycles. The van der Waals surface area contributed by atoms with Crippen molar-refractivity contribution in [1.29, 1.82) is 0 Å². The normalized spacial score (nSPS) is 12.2. The fraction of sp³-hybridized carbons (Fsp3) is 0.375. The number of rotatable bonds is 5. The zero-order valence-electron chi connectivity index (χ0n) is 12.4. The molecule has 2 rings (SSSR count). The Balaban J connectivity index is 1.93. The van der Waals surface area contributed by atoms with Crippen LogP contribution in [0.4, 0.5) is 11.6 Å². The van der Waals surface area contributed by atoms with E-state index in [-0.39, 0.29) is 0 Å². The summed E-state index contributed by atoms with van der Waals surface area (Å²) < 4.78 is 0. The molecule has 1 atom stereocenters. The number of hydrogen-bond acceptors (Lipinski definition) is 4. The third kappa shape index (κ3) is 3.47. The first-order chi connectivity index (χ1) is 9.58. The SMILES string of the molecule is Cc1nc(N)c(C)c(NCCC(C)c2ccccc2)n1.